The summed E-state index contributed by atoms with van der Waals surface area (Å²) in [5, 5.41) is 3.04. The Balaban J connectivity index is 1.76. The second-order valence-electron chi connectivity index (χ2n) is 4.62. The van der Waals surface area contributed by atoms with Gasteiger partial charge in [0.25, 0.3) is 0 Å². The lowest BCUT2D eigenvalue weighted by Gasteiger charge is -2.08. The monoisotopic (exact) mass is 327 g/mol. The molecule has 0 spiro atoms. The summed E-state index contributed by atoms with van der Waals surface area (Å²) in [7, 11) is 0. The van der Waals surface area contributed by atoms with E-state index >= 15 is 0 Å². The van der Waals surface area contributed by atoms with Crippen molar-refractivity contribution in [2.45, 2.75) is 16.3 Å². The topological polar surface area (TPSA) is 76.7 Å². The van der Waals surface area contributed by atoms with Crippen molar-refractivity contribution in [3.63, 3.8) is 0 Å². The number of pyridine rings is 1. The third-order valence-electron chi connectivity index (χ3n) is 2.97. The number of nitrogens with zero attached hydrogens (tertiary/aromatic N) is 3. The Morgan fingerprint density at radius 2 is 1.91 bits per heavy atom. The minimum atomic E-state index is -0.301. The molecule has 2 aromatic heterocycles. The molecular formula is C16H14FN5S. The van der Waals surface area contributed by atoms with E-state index in [4.69, 9.17) is 5.73 Å². The van der Waals surface area contributed by atoms with Crippen molar-refractivity contribution >= 4 is 23.3 Å². The molecule has 0 atom stereocenters. The maximum absolute atomic E-state index is 14.3. The number of hydrogen-bond donors (Lipinski definition) is 2. The summed E-state index contributed by atoms with van der Waals surface area (Å²) in [5.74, 6) is 0.805. The molecular weight excluding hydrogens is 313 g/mol. The van der Waals surface area contributed by atoms with Gasteiger partial charge in [-0.05, 0) is 36.4 Å². The number of hydrogen-bond acceptors (Lipinski definition) is 6. The Morgan fingerprint density at radius 1 is 1.09 bits per heavy atom. The van der Waals surface area contributed by atoms with Crippen LogP contribution in [0.25, 0.3) is 0 Å². The summed E-state index contributed by atoms with van der Waals surface area (Å²) in [6, 6.07) is 10.4. The number of nitrogens with two attached hydrogens (primary N) is 1. The molecule has 0 amide bonds. The van der Waals surface area contributed by atoms with Crippen LogP contribution < -0.4 is 11.1 Å². The lowest BCUT2D eigenvalue weighted by Crippen LogP contribution is -2.04. The third-order valence-corrected chi connectivity index (χ3v) is 4.03. The second-order valence-corrected chi connectivity index (χ2v) is 5.73. The zero-order valence-electron chi connectivity index (χ0n) is 12.1. The van der Waals surface area contributed by atoms with Crippen LogP contribution in [0.5, 0.6) is 0 Å². The highest BCUT2D eigenvalue weighted by Crippen LogP contribution is 2.31. The van der Waals surface area contributed by atoms with Gasteiger partial charge in [-0.25, -0.2) is 14.4 Å². The summed E-state index contributed by atoms with van der Waals surface area (Å²) in [6.07, 6.45) is 4.97. The molecule has 0 radical (unpaired) electrons. The first kappa shape index (κ1) is 15.4. The standard InChI is InChI=1S/C16H14FN5S/c17-13-9-11(21-15-5-8-20-16(10-18)22-15)1-2-14(13)23-12-3-6-19-7-4-12/h1-9H,10,18H2,(H,20,21,22). The summed E-state index contributed by atoms with van der Waals surface area (Å²) in [6.45, 7) is 0.255. The zero-order valence-corrected chi connectivity index (χ0v) is 12.9. The van der Waals surface area contributed by atoms with Gasteiger partial charge in [-0.1, -0.05) is 11.8 Å². The molecule has 0 saturated carbocycles. The van der Waals surface area contributed by atoms with Crippen LogP contribution in [0.4, 0.5) is 15.9 Å². The summed E-state index contributed by atoms with van der Waals surface area (Å²) in [4.78, 5) is 13.7. The highest BCUT2D eigenvalue weighted by Gasteiger charge is 2.07. The molecule has 3 aromatic rings. The maximum Gasteiger partial charge on any atom is 0.144 e. The molecule has 0 aliphatic rings. The van der Waals surface area contributed by atoms with Crippen molar-refractivity contribution in [2.24, 2.45) is 5.73 Å². The van der Waals surface area contributed by atoms with Crippen molar-refractivity contribution in [2.75, 3.05) is 5.32 Å². The lowest BCUT2D eigenvalue weighted by molar-refractivity contribution is 0.602. The summed E-state index contributed by atoms with van der Waals surface area (Å²) >= 11 is 1.35. The van der Waals surface area contributed by atoms with E-state index in [1.807, 2.05) is 12.1 Å². The van der Waals surface area contributed by atoms with E-state index in [0.29, 0.717) is 22.2 Å². The second kappa shape index (κ2) is 7.17. The number of halogens is 1. The van der Waals surface area contributed by atoms with E-state index in [0.717, 1.165) is 4.90 Å². The lowest BCUT2D eigenvalue weighted by atomic mass is 10.3. The minimum Gasteiger partial charge on any atom is -0.340 e. The molecule has 2 heterocycles. The maximum atomic E-state index is 14.3. The average Bonchev–Trinajstić information content (AvgIpc) is 2.58. The zero-order chi connectivity index (χ0) is 16.1. The van der Waals surface area contributed by atoms with Crippen LogP contribution in [0.1, 0.15) is 5.82 Å². The van der Waals surface area contributed by atoms with E-state index in [2.05, 4.69) is 20.3 Å². The minimum absolute atomic E-state index is 0.255. The van der Waals surface area contributed by atoms with Gasteiger partial charge in [0.05, 0.1) is 6.54 Å². The van der Waals surface area contributed by atoms with Crippen molar-refractivity contribution in [1.29, 1.82) is 0 Å². The van der Waals surface area contributed by atoms with Gasteiger partial charge < -0.3 is 11.1 Å². The van der Waals surface area contributed by atoms with Crippen LogP contribution in [0.3, 0.4) is 0 Å². The van der Waals surface area contributed by atoms with Crippen molar-refractivity contribution in [3.8, 4) is 0 Å². The smallest absolute Gasteiger partial charge is 0.144 e. The predicted molar refractivity (Wildman–Crippen MR) is 88.0 cm³/mol. The van der Waals surface area contributed by atoms with Crippen molar-refractivity contribution in [3.05, 3.63) is 66.6 Å². The molecule has 0 aliphatic heterocycles. The van der Waals surface area contributed by atoms with Crippen LogP contribution in [-0.2, 0) is 6.54 Å². The van der Waals surface area contributed by atoms with E-state index in [9.17, 15) is 4.39 Å². The molecule has 0 saturated heterocycles. The summed E-state index contributed by atoms with van der Waals surface area (Å²) in [5.41, 5.74) is 6.12. The molecule has 3 N–H and O–H groups in total. The molecule has 0 aliphatic carbocycles. The first-order valence-electron chi connectivity index (χ1n) is 6.91. The van der Waals surface area contributed by atoms with Crippen LogP contribution >= 0.6 is 11.8 Å². The number of nitrogens with one attached hydrogen (secondary N) is 1. The quantitative estimate of drug-likeness (QED) is 0.748. The SMILES string of the molecule is NCc1nccc(Nc2ccc(Sc3ccncc3)c(F)c2)n1. The van der Waals surface area contributed by atoms with Gasteiger partial charge >= 0.3 is 0 Å². The van der Waals surface area contributed by atoms with Crippen LogP contribution in [0.15, 0.2) is 64.8 Å². The molecule has 0 bridgehead atoms. The van der Waals surface area contributed by atoms with Gasteiger partial charge in [-0.3, -0.25) is 4.98 Å². The predicted octanol–water partition coefficient (Wildman–Crippen LogP) is 3.36. The molecule has 7 heteroatoms. The van der Waals surface area contributed by atoms with E-state index < -0.39 is 0 Å². The normalized spacial score (nSPS) is 10.5. The molecule has 5 nitrogen and oxygen atoms in total. The molecule has 0 fully saturated rings. The molecule has 23 heavy (non-hydrogen) atoms. The van der Waals surface area contributed by atoms with Gasteiger partial charge in [0.15, 0.2) is 0 Å². The van der Waals surface area contributed by atoms with Crippen LogP contribution in [0.2, 0.25) is 0 Å². The number of benzene rings is 1. The Kier molecular flexibility index (Phi) is 4.80. The van der Waals surface area contributed by atoms with Crippen molar-refractivity contribution in [1.82, 2.24) is 15.0 Å². The van der Waals surface area contributed by atoms with Gasteiger partial charge in [-0.2, -0.15) is 0 Å². The fourth-order valence-electron chi connectivity index (χ4n) is 1.91. The molecule has 116 valence electrons. The van der Waals surface area contributed by atoms with E-state index in [1.54, 1.807) is 36.8 Å². The molecule has 3 rings (SSSR count). The first-order valence-corrected chi connectivity index (χ1v) is 7.73. The number of anilines is 2. The highest BCUT2D eigenvalue weighted by molar-refractivity contribution is 7.99. The number of rotatable bonds is 5. The molecule has 0 unspecified atom stereocenters. The third kappa shape index (κ3) is 4.02. The van der Waals surface area contributed by atoms with E-state index in [1.165, 1.54) is 17.8 Å². The Morgan fingerprint density at radius 3 is 2.65 bits per heavy atom. The fourth-order valence-corrected chi connectivity index (χ4v) is 2.71. The van der Waals surface area contributed by atoms with Gasteiger partial charge in [-0.15, -0.1) is 0 Å². The Labute approximate surface area is 137 Å². The van der Waals surface area contributed by atoms with E-state index in [-0.39, 0.29) is 12.4 Å². The average molecular weight is 327 g/mol. The van der Waals surface area contributed by atoms with Gasteiger partial charge in [0, 0.05) is 34.1 Å². The Bertz CT molecular complexity index is 797. The van der Waals surface area contributed by atoms with Crippen molar-refractivity contribution < 1.29 is 4.39 Å². The van der Waals surface area contributed by atoms with Crippen LogP contribution in [0, 0.1) is 5.82 Å². The first-order chi connectivity index (χ1) is 11.2. The molecule has 1 aromatic carbocycles. The van der Waals surface area contributed by atoms with Gasteiger partial charge in [0.2, 0.25) is 0 Å². The fraction of sp³-hybridized carbons (Fsp3) is 0.0625. The van der Waals surface area contributed by atoms with Gasteiger partial charge in [0.1, 0.15) is 17.5 Å². The highest BCUT2D eigenvalue weighted by atomic mass is 32.2. The summed E-state index contributed by atoms with van der Waals surface area (Å²) < 4.78 is 14.3. The van der Waals surface area contributed by atoms with Crippen LogP contribution in [-0.4, -0.2) is 15.0 Å². The Hall–Kier alpha value is -2.51. The number of aromatic nitrogens is 3. The largest absolute Gasteiger partial charge is 0.340 e.